The second-order valence-electron chi connectivity index (χ2n) is 8.78. The Balaban J connectivity index is 1.41. The molecule has 0 amide bonds. The average Bonchev–Trinajstić information content (AvgIpc) is 3.45. The molecule has 2 heteroatoms. The van der Waals surface area contributed by atoms with E-state index in [0.717, 1.165) is 27.9 Å². The van der Waals surface area contributed by atoms with E-state index in [1.165, 1.54) is 33.4 Å². The first-order valence-corrected chi connectivity index (χ1v) is 11.9. The molecule has 0 bridgehead atoms. The SMILES string of the molecule is c1ccc([C](c2ccccc2)c2ccc(-n3c4ccccc4c4c5ccccc5oc43)cc2)cc1. The van der Waals surface area contributed by atoms with Crippen molar-refractivity contribution >= 4 is 33.0 Å². The van der Waals surface area contributed by atoms with E-state index in [2.05, 4.69) is 126 Å². The molecular formula is C33H22NO. The predicted molar refractivity (Wildman–Crippen MR) is 144 cm³/mol. The first-order valence-electron chi connectivity index (χ1n) is 11.9. The minimum absolute atomic E-state index is 0.885. The highest BCUT2D eigenvalue weighted by atomic mass is 16.3. The van der Waals surface area contributed by atoms with Gasteiger partial charge >= 0.3 is 0 Å². The number of fused-ring (bicyclic) bond motifs is 5. The summed E-state index contributed by atoms with van der Waals surface area (Å²) in [4.78, 5) is 0. The Hall–Kier alpha value is -4.56. The van der Waals surface area contributed by atoms with E-state index in [1.807, 2.05) is 12.1 Å². The summed E-state index contributed by atoms with van der Waals surface area (Å²) in [5.41, 5.74) is 7.63. The van der Waals surface area contributed by atoms with Crippen molar-refractivity contribution in [2.75, 3.05) is 0 Å². The van der Waals surface area contributed by atoms with Crippen LogP contribution in [0.15, 0.2) is 138 Å². The van der Waals surface area contributed by atoms with E-state index in [9.17, 15) is 0 Å². The first-order chi connectivity index (χ1) is 17.4. The van der Waals surface area contributed by atoms with Gasteiger partial charge in [-0.05, 0) is 41.0 Å². The van der Waals surface area contributed by atoms with E-state index in [-0.39, 0.29) is 0 Å². The minimum atomic E-state index is 0.885. The number of rotatable bonds is 4. The summed E-state index contributed by atoms with van der Waals surface area (Å²) in [5, 5.41) is 3.52. The summed E-state index contributed by atoms with van der Waals surface area (Å²) in [6.07, 6.45) is 0. The van der Waals surface area contributed by atoms with E-state index in [0.29, 0.717) is 0 Å². The monoisotopic (exact) mass is 448 g/mol. The van der Waals surface area contributed by atoms with Crippen LogP contribution < -0.4 is 0 Å². The van der Waals surface area contributed by atoms with Crippen molar-refractivity contribution in [2.24, 2.45) is 0 Å². The Morgan fingerprint density at radius 3 is 1.71 bits per heavy atom. The lowest BCUT2D eigenvalue weighted by molar-refractivity contribution is 0.645. The van der Waals surface area contributed by atoms with Gasteiger partial charge in [0, 0.05) is 16.5 Å². The number of nitrogens with zero attached hydrogens (tertiary/aromatic N) is 1. The molecule has 0 spiro atoms. The van der Waals surface area contributed by atoms with Crippen LogP contribution in [0, 0.1) is 5.92 Å². The molecule has 165 valence electrons. The molecule has 0 saturated heterocycles. The standard InChI is InChI=1S/C33H22NO/c1-3-11-23(12-4-1)31(24-13-5-2-6-14-24)25-19-21-26(22-20-25)34-29-17-9-7-15-27(29)32-28-16-8-10-18-30(28)35-33(32)34/h1-22H. The number of para-hydroxylation sites is 2. The fraction of sp³-hybridized carbons (Fsp3) is 0. The van der Waals surface area contributed by atoms with E-state index in [4.69, 9.17) is 4.42 Å². The molecule has 0 aliphatic carbocycles. The Kier molecular flexibility index (Phi) is 4.56. The van der Waals surface area contributed by atoms with Gasteiger partial charge in [0.1, 0.15) is 5.58 Å². The zero-order valence-corrected chi connectivity index (χ0v) is 19.1. The lowest BCUT2D eigenvalue weighted by atomic mass is 9.85. The van der Waals surface area contributed by atoms with Gasteiger partial charge in [0.2, 0.25) is 5.71 Å². The topological polar surface area (TPSA) is 18.1 Å². The summed E-state index contributed by atoms with van der Waals surface area (Å²) >= 11 is 0. The van der Waals surface area contributed by atoms with Crippen LogP contribution in [0.5, 0.6) is 0 Å². The smallest absolute Gasteiger partial charge is 0.213 e. The van der Waals surface area contributed by atoms with Crippen LogP contribution >= 0.6 is 0 Å². The van der Waals surface area contributed by atoms with Crippen molar-refractivity contribution in [3.8, 4) is 5.69 Å². The van der Waals surface area contributed by atoms with Crippen LogP contribution in [0.25, 0.3) is 38.7 Å². The van der Waals surface area contributed by atoms with Crippen LogP contribution in [0.1, 0.15) is 16.7 Å². The number of hydrogen-bond acceptors (Lipinski definition) is 1. The molecule has 2 heterocycles. The quantitative estimate of drug-likeness (QED) is 0.247. The Labute approximate surface area is 203 Å². The summed E-state index contributed by atoms with van der Waals surface area (Å²) in [5.74, 6) is 1.23. The molecule has 0 atom stereocenters. The third-order valence-corrected chi connectivity index (χ3v) is 6.73. The first kappa shape index (κ1) is 19.9. The van der Waals surface area contributed by atoms with Gasteiger partial charge in [-0.2, -0.15) is 0 Å². The third kappa shape index (κ3) is 3.18. The second kappa shape index (κ2) is 8.03. The maximum Gasteiger partial charge on any atom is 0.213 e. The highest BCUT2D eigenvalue weighted by Gasteiger charge is 2.20. The van der Waals surface area contributed by atoms with Crippen LogP contribution in [-0.4, -0.2) is 4.57 Å². The maximum atomic E-state index is 6.40. The molecule has 2 nitrogen and oxygen atoms in total. The average molecular weight is 449 g/mol. The van der Waals surface area contributed by atoms with Gasteiger partial charge < -0.3 is 4.42 Å². The Morgan fingerprint density at radius 1 is 0.486 bits per heavy atom. The van der Waals surface area contributed by atoms with Gasteiger partial charge in [0.15, 0.2) is 0 Å². The number of benzene rings is 5. The largest absolute Gasteiger partial charge is 0.439 e. The summed E-state index contributed by atoms with van der Waals surface area (Å²) < 4.78 is 8.63. The summed E-state index contributed by atoms with van der Waals surface area (Å²) in [7, 11) is 0. The van der Waals surface area contributed by atoms with Gasteiger partial charge in [0.25, 0.3) is 0 Å². The van der Waals surface area contributed by atoms with Crippen molar-refractivity contribution in [1.82, 2.24) is 4.57 Å². The van der Waals surface area contributed by atoms with Gasteiger partial charge in [-0.25, -0.2) is 0 Å². The zero-order valence-electron chi connectivity index (χ0n) is 19.1. The molecule has 0 unspecified atom stereocenters. The predicted octanol–water partition coefficient (Wildman–Crippen LogP) is 8.55. The maximum absolute atomic E-state index is 6.40. The molecule has 1 radical (unpaired) electrons. The van der Waals surface area contributed by atoms with Gasteiger partial charge in [-0.1, -0.05) is 109 Å². The third-order valence-electron chi connectivity index (χ3n) is 6.73. The van der Waals surface area contributed by atoms with Crippen molar-refractivity contribution in [2.45, 2.75) is 0 Å². The van der Waals surface area contributed by atoms with Crippen LogP contribution in [0.3, 0.4) is 0 Å². The van der Waals surface area contributed by atoms with Gasteiger partial charge in [-0.15, -0.1) is 0 Å². The molecule has 2 aromatic heterocycles. The molecule has 35 heavy (non-hydrogen) atoms. The van der Waals surface area contributed by atoms with Crippen molar-refractivity contribution < 1.29 is 4.42 Å². The molecule has 0 fully saturated rings. The molecular weight excluding hydrogens is 426 g/mol. The molecule has 0 saturated carbocycles. The lowest BCUT2D eigenvalue weighted by Crippen LogP contribution is -2.04. The van der Waals surface area contributed by atoms with Gasteiger partial charge in [-0.3, -0.25) is 4.57 Å². The fourth-order valence-electron chi connectivity index (χ4n) is 5.18. The fourth-order valence-corrected chi connectivity index (χ4v) is 5.18. The highest BCUT2D eigenvalue weighted by Crippen LogP contribution is 2.39. The molecule has 5 aromatic carbocycles. The lowest BCUT2D eigenvalue weighted by Gasteiger charge is -2.18. The van der Waals surface area contributed by atoms with Crippen LogP contribution in [0.2, 0.25) is 0 Å². The van der Waals surface area contributed by atoms with Crippen molar-refractivity contribution in [3.63, 3.8) is 0 Å². The van der Waals surface area contributed by atoms with E-state index >= 15 is 0 Å². The summed E-state index contributed by atoms with van der Waals surface area (Å²) in [6.45, 7) is 0. The molecule has 0 aliphatic heterocycles. The zero-order chi connectivity index (χ0) is 23.2. The number of furan rings is 1. The molecule has 7 aromatic rings. The number of hydrogen-bond donors (Lipinski definition) is 0. The number of aromatic nitrogens is 1. The molecule has 7 rings (SSSR count). The highest BCUT2D eigenvalue weighted by molar-refractivity contribution is 6.19. The normalized spacial score (nSPS) is 11.7. The van der Waals surface area contributed by atoms with Gasteiger partial charge in [0.05, 0.1) is 16.8 Å². The van der Waals surface area contributed by atoms with E-state index < -0.39 is 0 Å². The summed E-state index contributed by atoms with van der Waals surface area (Å²) in [6, 6.07) is 46.8. The van der Waals surface area contributed by atoms with Crippen LogP contribution in [-0.2, 0) is 0 Å². The second-order valence-corrected chi connectivity index (χ2v) is 8.78. The Bertz CT molecular complexity index is 1730. The van der Waals surface area contributed by atoms with Crippen LogP contribution in [0.4, 0.5) is 0 Å². The molecule has 0 aliphatic rings. The van der Waals surface area contributed by atoms with Crippen molar-refractivity contribution in [3.05, 3.63) is 156 Å². The Morgan fingerprint density at radius 2 is 1.03 bits per heavy atom. The molecule has 0 N–H and O–H groups in total. The minimum Gasteiger partial charge on any atom is -0.439 e. The van der Waals surface area contributed by atoms with E-state index in [1.54, 1.807) is 0 Å². The van der Waals surface area contributed by atoms with Crippen molar-refractivity contribution in [1.29, 1.82) is 0 Å².